The Bertz CT molecular complexity index is 770. The molecule has 0 bridgehead atoms. The number of hydrogen-bond donors (Lipinski definition) is 0. The molecule has 0 spiro atoms. The summed E-state index contributed by atoms with van der Waals surface area (Å²) in [6, 6.07) is 16.5. The summed E-state index contributed by atoms with van der Waals surface area (Å²) < 4.78 is 5.98. The second-order valence-electron chi connectivity index (χ2n) is 5.18. The molecule has 1 amide bonds. The number of rotatable bonds is 5. The number of aromatic nitrogens is 1. The van der Waals surface area contributed by atoms with Crippen LogP contribution < -0.4 is 4.73 Å². The Morgan fingerprint density at radius 3 is 2.57 bits per heavy atom. The summed E-state index contributed by atoms with van der Waals surface area (Å²) in [7, 11) is 0. The van der Waals surface area contributed by atoms with Gasteiger partial charge in [0.2, 0.25) is 0 Å². The van der Waals surface area contributed by atoms with Crippen LogP contribution in [0.2, 0.25) is 0 Å². The smallest absolute Gasteiger partial charge is 0.260 e. The van der Waals surface area contributed by atoms with Gasteiger partial charge < -0.3 is 14.5 Å². The van der Waals surface area contributed by atoms with Gasteiger partial charge in [-0.1, -0.05) is 30.3 Å². The molecule has 0 saturated carbocycles. The van der Waals surface area contributed by atoms with Crippen LogP contribution in [-0.2, 0) is 13.1 Å². The molecule has 0 unspecified atom stereocenters. The van der Waals surface area contributed by atoms with Crippen LogP contribution >= 0.6 is 0 Å². The lowest BCUT2D eigenvalue weighted by Gasteiger charge is -2.21. The van der Waals surface area contributed by atoms with E-state index in [1.807, 2.05) is 36.4 Å². The van der Waals surface area contributed by atoms with E-state index >= 15 is 0 Å². The molecule has 3 aromatic rings. The summed E-state index contributed by atoms with van der Waals surface area (Å²) in [4.78, 5) is 14.4. The number of hydrogen-bond acceptors (Lipinski definition) is 3. The quantitative estimate of drug-likeness (QED) is 0.538. The summed E-state index contributed by atoms with van der Waals surface area (Å²) in [5, 5.41) is 11.4. The molecule has 0 aliphatic carbocycles. The SMILES string of the molecule is O=C(c1ccc[n+]([O-])c1)N(Cc1ccccc1)Cc1ccco1. The first-order chi connectivity index (χ1) is 11.2. The molecule has 116 valence electrons. The molecule has 0 radical (unpaired) electrons. The van der Waals surface area contributed by atoms with Crippen LogP contribution in [0.15, 0.2) is 77.7 Å². The van der Waals surface area contributed by atoms with E-state index in [0.29, 0.717) is 29.1 Å². The third-order valence-corrected chi connectivity index (χ3v) is 3.45. The molecule has 5 heteroatoms. The Labute approximate surface area is 134 Å². The zero-order chi connectivity index (χ0) is 16.1. The van der Waals surface area contributed by atoms with Crippen molar-refractivity contribution in [2.24, 2.45) is 0 Å². The van der Waals surface area contributed by atoms with E-state index in [4.69, 9.17) is 4.42 Å². The van der Waals surface area contributed by atoms with Crippen LogP contribution in [-0.4, -0.2) is 10.8 Å². The number of pyridine rings is 1. The van der Waals surface area contributed by atoms with E-state index in [1.54, 1.807) is 29.4 Å². The molecular weight excluding hydrogens is 292 g/mol. The first kappa shape index (κ1) is 14.8. The van der Waals surface area contributed by atoms with Gasteiger partial charge in [-0.15, -0.1) is 0 Å². The summed E-state index contributed by atoms with van der Waals surface area (Å²) in [6.07, 6.45) is 4.21. The Hall–Kier alpha value is -3.08. The number of carbonyl (C=O) groups excluding carboxylic acids is 1. The van der Waals surface area contributed by atoms with Gasteiger partial charge in [-0.2, -0.15) is 4.73 Å². The van der Waals surface area contributed by atoms with Gasteiger partial charge in [0.25, 0.3) is 5.91 Å². The number of benzene rings is 1. The molecule has 0 N–H and O–H groups in total. The van der Waals surface area contributed by atoms with Gasteiger partial charge >= 0.3 is 0 Å². The standard InChI is InChI=1S/C18H16N2O3/c21-18(16-8-4-10-20(22)13-16)19(14-17-9-5-11-23-17)12-15-6-2-1-3-7-15/h1-11,13H,12,14H2. The second kappa shape index (κ2) is 6.79. The average molecular weight is 308 g/mol. The zero-order valence-electron chi connectivity index (χ0n) is 12.5. The minimum absolute atomic E-state index is 0.213. The van der Waals surface area contributed by atoms with Crippen molar-refractivity contribution in [3.05, 3.63) is 95.3 Å². The van der Waals surface area contributed by atoms with Crippen molar-refractivity contribution in [2.75, 3.05) is 0 Å². The summed E-state index contributed by atoms with van der Waals surface area (Å²) in [6.45, 7) is 0.780. The normalized spacial score (nSPS) is 10.4. The fraction of sp³-hybridized carbons (Fsp3) is 0.111. The van der Waals surface area contributed by atoms with Gasteiger partial charge in [0.1, 0.15) is 11.3 Å². The van der Waals surface area contributed by atoms with Gasteiger partial charge in [-0.05, 0) is 23.8 Å². The summed E-state index contributed by atoms with van der Waals surface area (Å²) in [5.74, 6) is 0.482. The van der Waals surface area contributed by atoms with Crippen molar-refractivity contribution in [1.82, 2.24) is 4.90 Å². The summed E-state index contributed by atoms with van der Waals surface area (Å²) in [5.41, 5.74) is 1.36. The highest BCUT2D eigenvalue weighted by Crippen LogP contribution is 2.14. The molecule has 0 saturated heterocycles. The lowest BCUT2D eigenvalue weighted by molar-refractivity contribution is -0.605. The van der Waals surface area contributed by atoms with Crippen LogP contribution in [0.4, 0.5) is 0 Å². The van der Waals surface area contributed by atoms with Gasteiger partial charge in [-0.3, -0.25) is 4.79 Å². The van der Waals surface area contributed by atoms with Gasteiger partial charge in [-0.25, -0.2) is 0 Å². The number of carbonyl (C=O) groups is 1. The molecule has 0 aliphatic rings. The molecule has 23 heavy (non-hydrogen) atoms. The van der Waals surface area contributed by atoms with Crippen molar-refractivity contribution in [3.63, 3.8) is 0 Å². The second-order valence-corrected chi connectivity index (χ2v) is 5.18. The van der Waals surface area contributed by atoms with E-state index < -0.39 is 0 Å². The monoisotopic (exact) mass is 308 g/mol. The third-order valence-electron chi connectivity index (χ3n) is 3.45. The highest BCUT2D eigenvalue weighted by molar-refractivity contribution is 5.93. The van der Waals surface area contributed by atoms with E-state index in [2.05, 4.69) is 0 Å². The van der Waals surface area contributed by atoms with E-state index in [0.717, 1.165) is 5.56 Å². The number of nitrogens with zero attached hydrogens (tertiary/aromatic N) is 2. The minimum Gasteiger partial charge on any atom is -0.619 e. The lowest BCUT2D eigenvalue weighted by atomic mass is 10.2. The van der Waals surface area contributed by atoms with Gasteiger partial charge in [0.05, 0.1) is 12.8 Å². The van der Waals surface area contributed by atoms with Crippen LogP contribution in [0, 0.1) is 5.21 Å². The predicted octanol–water partition coefficient (Wildman–Crippen LogP) is 2.76. The molecule has 5 nitrogen and oxygen atoms in total. The third kappa shape index (κ3) is 3.77. The largest absolute Gasteiger partial charge is 0.619 e. The molecule has 0 fully saturated rings. The average Bonchev–Trinajstić information content (AvgIpc) is 3.08. The van der Waals surface area contributed by atoms with Crippen LogP contribution in [0.3, 0.4) is 0 Å². The van der Waals surface area contributed by atoms with Crippen LogP contribution in [0.5, 0.6) is 0 Å². The van der Waals surface area contributed by atoms with Gasteiger partial charge in [0.15, 0.2) is 12.4 Å². The molecule has 0 aliphatic heterocycles. The van der Waals surface area contributed by atoms with Crippen molar-refractivity contribution in [2.45, 2.75) is 13.1 Å². The predicted molar refractivity (Wildman–Crippen MR) is 84.1 cm³/mol. The van der Waals surface area contributed by atoms with Crippen molar-refractivity contribution in [3.8, 4) is 0 Å². The Balaban J connectivity index is 1.86. The molecular formula is C18H16N2O3. The first-order valence-electron chi connectivity index (χ1n) is 7.27. The maximum absolute atomic E-state index is 12.8. The highest BCUT2D eigenvalue weighted by Gasteiger charge is 2.19. The maximum atomic E-state index is 12.8. The van der Waals surface area contributed by atoms with Crippen LogP contribution in [0.1, 0.15) is 21.7 Å². The minimum atomic E-state index is -0.213. The molecule has 2 heterocycles. The Morgan fingerprint density at radius 2 is 1.87 bits per heavy atom. The van der Waals surface area contributed by atoms with Crippen molar-refractivity contribution in [1.29, 1.82) is 0 Å². The molecule has 1 aromatic carbocycles. The lowest BCUT2D eigenvalue weighted by Crippen LogP contribution is -2.33. The fourth-order valence-corrected chi connectivity index (χ4v) is 2.36. The van der Waals surface area contributed by atoms with Crippen molar-refractivity contribution >= 4 is 5.91 Å². The number of amides is 1. The Kier molecular flexibility index (Phi) is 4.38. The molecule has 2 aromatic heterocycles. The number of furan rings is 1. The zero-order valence-corrected chi connectivity index (χ0v) is 12.5. The van der Waals surface area contributed by atoms with E-state index in [9.17, 15) is 10.0 Å². The van der Waals surface area contributed by atoms with Gasteiger partial charge in [0, 0.05) is 12.6 Å². The summed E-state index contributed by atoms with van der Waals surface area (Å²) >= 11 is 0. The van der Waals surface area contributed by atoms with Crippen LogP contribution in [0.25, 0.3) is 0 Å². The first-order valence-corrected chi connectivity index (χ1v) is 7.27. The topological polar surface area (TPSA) is 60.4 Å². The highest BCUT2D eigenvalue weighted by atomic mass is 16.5. The maximum Gasteiger partial charge on any atom is 0.260 e. The Morgan fingerprint density at radius 1 is 1.04 bits per heavy atom. The van der Waals surface area contributed by atoms with E-state index in [-0.39, 0.29) is 5.91 Å². The van der Waals surface area contributed by atoms with Crippen molar-refractivity contribution < 1.29 is 13.9 Å². The molecule has 0 atom stereocenters. The van der Waals surface area contributed by atoms with E-state index in [1.165, 1.54) is 12.4 Å². The fourth-order valence-electron chi connectivity index (χ4n) is 2.36. The molecule has 3 rings (SSSR count).